The van der Waals surface area contributed by atoms with Crippen LogP contribution < -0.4 is 16.8 Å². The molecule has 2 amide bonds. The van der Waals surface area contributed by atoms with Crippen LogP contribution in [0.4, 0.5) is 5.69 Å². The monoisotopic (exact) mass is 289 g/mol. The number of carbonyl (C=O) groups excluding carboxylic acids is 2. The van der Waals surface area contributed by atoms with E-state index in [0.29, 0.717) is 5.92 Å². The Hall–Kier alpha value is -1.88. The standard InChI is InChI=1S/C16H23N3O2/c17-10-12-1-5-13(6-2-12)16(21)19-14-7-3-11(4-8-14)9-15(18)20/h3-4,7-8,12-13H,1-2,5-6,9-10,17H2,(H2,18,20)(H,19,21). The zero-order valence-electron chi connectivity index (χ0n) is 12.2. The molecule has 0 atom stereocenters. The first kappa shape index (κ1) is 15.5. The van der Waals surface area contributed by atoms with Crippen LogP contribution in [0.3, 0.4) is 0 Å². The van der Waals surface area contributed by atoms with Crippen LogP contribution in [0.15, 0.2) is 24.3 Å². The minimum Gasteiger partial charge on any atom is -0.369 e. The van der Waals surface area contributed by atoms with Crippen LogP contribution >= 0.6 is 0 Å². The van der Waals surface area contributed by atoms with Crippen molar-refractivity contribution in [3.63, 3.8) is 0 Å². The second kappa shape index (κ2) is 7.22. The van der Waals surface area contributed by atoms with Crippen molar-refractivity contribution in [2.45, 2.75) is 32.1 Å². The lowest BCUT2D eigenvalue weighted by Gasteiger charge is -2.26. The molecule has 21 heavy (non-hydrogen) atoms. The quantitative estimate of drug-likeness (QED) is 0.764. The third-order valence-corrected chi connectivity index (χ3v) is 4.15. The van der Waals surface area contributed by atoms with E-state index in [4.69, 9.17) is 11.5 Å². The number of hydrogen-bond acceptors (Lipinski definition) is 3. The Morgan fingerprint density at radius 1 is 1.10 bits per heavy atom. The summed E-state index contributed by atoms with van der Waals surface area (Å²) in [5.41, 5.74) is 12.4. The SMILES string of the molecule is NCC1CCC(C(=O)Nc2ccc(CC(N)=O)cc2)CC1. The smallest absolute Gasteiger partial charge is 0.227 e. The molecule has 1 saturated carbocycles. The predicted octanol–water partition coefficient (Wildman–Crippen LogP) is 1.42. The van der Waals surface area contributed by atoms with E-state index >= 15 is 0 Å². The molecule has 0 spiro atoms. The molecule has 1 fully saturated rings. The average Bonchev–Trinajstić information content (AvgIpc) is 2.49. The van der Waals surface area contributed by atoms with Crippen molar-refractivity contribution in [1.82, 2.24) is 0 Å². The molecule has 2 rings (SSSR count). The summed E-state index contributed by atoms with van der Waals surface area (Å²) in [4.78, 5) is 23.0. The van der Waals surface area contributed by atoms with Gasteiger partial charge in [0.05, 0.1) is 6.42 Å². The Bertz CT molecular complexity index is 491. The Morgan fingerprint density at radius 2 is 1.71 bits per heavy atom. The van der Waals surface area contributed by atoms with E-state index in [0.717, 1.165) is 43.5 Å². The number of primary amides is 1. The molecule has 1 aliphatic carbocycles. The topological polar surface area (TPSA) is 98.2 Å². The zero-order chi connectivity index (χ0) is 15.2. The van der Waals surface area contributed by atoms with Gasteiger partial charge in [0.25, 0.3) is 0 Å². The van der Waals surface area contributed by atoms with Gasteiger partial charge in [-0.15, -0.1) is 0 Å². The molecule has 5 N–H and O–H groups in total. The fourth-order valence-electron chi connectivity index (χ4n) is 2.81. The highest BCUT2D eigenvalue weighted by Gasteiger charge is 2.25. The molecule has 0 unspecified atom stereocenters. The van der Waals surface area contributed by atoms with E-state index in [1.54, 1.807) is 0 Å². The van der Waals surface area contributed by atoms with Crippen molar-refractivity contribution in [2.24, 2.45) is 23.3 Å². The molecule has 0 aliphatic heterocycles. The average molecular weight is 289 g/mol. The fourth-order valence-corrected chi connectivity index (χ4v) is 2.81. The number of hydrogen-bond donors (Lipinski definition) is 3. The molecule has 5 nitrogen and oxygen atoms in total. The third-order valence-electron chi connectivity index (χ3n) is 4.15. The van der Waals surface area contributed by atoms with Crippen molar-refractivity contribution in [2.75, 3.05) is 11.9 Å². The molecule has 1 aromatic rings. The van der Waals surface area contributed by atoms with Gasteiger partial charge in [-0.05, 0) is 55.8 Å². The molecule has 0 bridgehead atoms. The van der Waals surface area contributed by atoms with Gasteiger partial charge in [-0.2, -0.15) is 0 Å². The van der Waals surface area contributed by atoms with E-state index in [1.165, 1.54) is 0 Å². The highest BCUT2D eigenvalue weighted by atomic mass is 16.2. The zero-order valence-corrected chi connectivity index (χ0v) is 12.2. The van der Waals surface area contributed by atoms with Crippen LogP contribution in [0.5, 0.6) is 0 Å². The molecule has 0 aromatic heterocycles. The van der Waals surface area contributed by atoms with Gasteiger partial charge in [0.15, 0.2) is 0 Å². The molecule has 0 heterocycles. The number of benzene rings is 1. The minimum atomic E-state index is -0.358. The summed E-state index contributed by atoms with van der Waals surface area (Å²) >= 11 is 0. The molecule has 114 valence electrons. The second-order valence-corrected chi connectivity index (χ2v) is 5.78. The van der Waals surface area contributed by atoms with Gasteiger partial charge in [-0.25, -0.2) is 0 Å². The highest BCUT2D eigenvalue weighted by Crippen LogP contribution is 2.29. The van der Waals surface area contributed by atoms with Gasteiger partial charge >= 0.3 is 0 Å². The molecule has 0 radical (unpaired) electrons. The number of amides is 2. The number of nitrogens with one attached hydrogen (secondary N) is 1. The number of nitrogens with two attached hydrogens (primary N) is 2. The molecule has 1 aromatic carbocycles. The maximum absolute atomic E-state index is 12.2. The van der Waals surface area contributed by atoms with Gasteiger partial charge in [-0.3, -0.25) is 9.59 Å². The van der Waals surface area contributed by atoms with E-state index in [9.17, 15) is 9.59 Å². The Balaban J connectivity index is 1.86. The van der Waals surface area contributed by atoms with Crippen LogP contribution in [0, 0.1) is 11.8 Å². The first-order valence-electron chi connectivity index (χ1n) is 7.46. The Morgan fingerprint density at radius 3 is 2.24 bits per heavy atom. The lowest BCUT2D eigenvalue weighted by Crippen LogP contribution is -2.29. The van der Waals surface area contributed by atoms with Crippen LogP contribution in [0.1, 0.15) is 31.2 Å². The molecule has 1 aliphatic rings. The van der Waals surface area contributed by atoms with E-state index < -0.39 is 0 Å². The summed E-state index contributed by atoms with van der Waals surface area (Å²) < 4.78 is 0. The Kier molecular flexibility index (Phi) is 5.33. The van der Waals surface area contributed by atoms with Gasteiger partial charge in [0.1, 0.15) is 0 Å². The number of anilines is 1. The van der Waals surface area contributed by atoms with Gasteiger partial charge in [0, 0.05) is 11.6 Å². The van der Waals surface area contributed by atoms with E-state index in [1.807, 2.05) is 24.3 Å². The predicted molar refractivity (Wildman–Crippen MR) is 82.5 cm³/mol. The van der Waals surface area contributed by atoms with E-state index in [-0.39, 0.29) is 24.2 Å². The summed E-state index contributed by atoms with van der Waals surface area (Å²) in [6.45, 7) is 0.718. The largest absolute Gasteiger partial charge is 0.369 e. The molecular weight excluding hydrogens is 266 g/mol. The first-order chi connectivity index (χ1) is 10.1. The highest BCUT2D eigenvalue weighted by molar-refractivity contribution is 5.92. The lowest BCUT2D eigenvalue weighted by atomic mass is 9.81. The summed E-state index contributed by atoms with van der Waals surface area (Å²) in [6, 6.07) is 7.24. The van der Waals surface area contributed by atoms with Crippen molar-refractivity contribution < 1.29 is 9.59 Å². The van der Waals surface area contributed by atoms with Crippen molar-refractivity contribution in [3.05, 3.63) is 29.8 Å². The number of carbonyl (C=O) groups is 2. The van der Waals surface area contributed by atoms with Gasteiger partial charge in [-0.1, -0.05) is 12.1 Å². The van der Waals surface area contributed by atoms with Crippen LogP contribution in [0.2, 0.25) is 0 Å². The van der Waals surface area contributed by atoms with Crippen molar-refractivity contribution >= 4 is 17.5 Å². The third kappa shape index (κ3) is 4.56. The van der Waals surface area contributed by atoms with E-state index in [2.05, 4.69) is 5.32 Å². The van der Waals surface area contributed by atoms with Crippen molar-refractivity contribution in [1.29, 1.82) is 0 Å². The lowest BCUT2D eigenvalue weighted by molar-refractivity contribution is -0.121. The van der Waals surface area contributed by atoms with Gasteiger partial charge < -0.3 is 16.8 Å². The first-order valence-corrected chi connectivity index (χ1v) is 7.46. The molecule has 0 saturated heterocycles. The summed E-state index contributed by atoms with van der Waals surface area (Å²) in [6.07, 6.45) is 4.11. The number of rotatable bonds is 5. The summed E-state index contributed by atoms with van der Waals surface area (Å²) in [5, 5.41) is 2.94. The van der Waals surface area contributed by atoms with Crippen molar-refractivity contribution in [3.8, 4) is 0 Å². The second-order valence-electron chi connectivity index (χ2n) is 5.78. The fraction of sp³-hybridized carbons (Fsp3) is 0.500. The Labute approximate surface area is 125 Å². The molecule has 5 heteroatoms. The summed E-state index contributed by atoms with van der Waals surface area (Å²) in [7, 11) is 0. The van der Waals surface area contributed by atoms with Crippen LogP contribution in [-0.2, 0) is 16.0 Å². The maximum Gasteiger partial charge on any atom is 0.227 e. The van der Waals surface area contributed by atoms with Crippen LogP contribution in [-0.4, -0.2) is 18.4 Å². The maximum atomic E-state index is 12.2. The summed E-state index contributed by atoms with van der Waals surface area (Å²) in [5.74, 6) is 0.372. The minimum absolute atomic E-state index is 0.0770. The normalized spacial score (nSPS) is 21.8. The van der Waals surface area contributed by atoms with Gasteiger partial charge in [0.2, 0.25) is 11.8 Å². The molecular formula is C16H23N3O2. The van der Waals surface area contributed by atoms with Crippen LogP contribution in [0.25, 0.3) is 0 Å².